The fourth-order valence-electron chi connectivity index (χ4n) is 2.29. The van der Waals surface area contributed by atoms with Crippen LogP contribution in [0, 0.1) is 11.8 Å². The van der Waals surface area contributed by atoms with E-state index in [0.717, 1.165) is 26.1 Å². The molecule has 4 nitrogen and oxygen atoms in total. The molecule has 3 N–H and O–H groups in total. The number of nitrogens with two attached hydrogens (primary N) is 1. The van der Waals surface area contributed by atoms with Crippen LogP contribution in [0.2, 0.25) is 0 Å². The molecule has 2 atom stereocenters. The first-order valence-electron chi connectivity index (χ1n) is 6.26. The average Bonchev–Trinajstić information content (AvgIpc) is 2.31. The van der Waals surface area contributed by atoms with Gasteiger partial charge in [-0.2, -0.15) is 0 Å². The Bertz CT molecular complexity index is 230. The van der Waals surface area contributed by atoms with Gasteiger partial charge in [-0.3, -0.25) is 9.69 Å². The first kappa shape index (κ1) is 13.5. The van der Waals surface area contributed by atoms with Gasteiger partial charge in [-0.05, 0) is 24.8 Å². The highest BCUT2D eigenvalue weighted by Crippen LogP contribution is 2.14. The van der Waals surface area contributed by atoms with Crippen molar-refractivity contribution in [3.05, 3.63) is 0 Å². The molecule has 16 heavy (non-hydrogen) atoms. The standard InChI is InChI=1S/C12H25N3O/c1-9(2)7-15-8-10(3)6-14-12(16)11(15)4-5-13/h9-11H,4-8,13H2,1-3H3,(H,14,16). The number of hydrogen-bond acceptors (Lipinski definition) is 3. The van der Waals surface area contributed by atoms with Crippen LogP contribution in [0.25, 0.3) is 0 Å². The van der Waals surface area contributed by atoms with Crippen molar-refractivity contribution in [1.29, 1.82) is 0 Å². The van der Waals surface area contributed by atoms with Crippen LogP contribution in [-0.4, -0.2) is 43.0 Å². The maximum absolute atomic E-state index is 11.9. The summed E-state index contributed by atoms with van der Waals surface area (Å²) in [6.07, 6.45) is 0.755. The molecule has 0 aromatic heterocycles. The van der Waals surface area contributed by atoms with Crippen LogP contribution in [0.15, 0.2) is 0 Å². The molecule has 0 aliphatic carbocycles. The van der Waals surface area contributed by atoms with Crippen molar-refractivity contribution in [2.45, 2.75) is 33.2 Å². The quantitative estimate of drug-likeness (QED) is 0.732. The first-order chi connectivity index (χ1) is 7.54. The second kappa shape index (κ2) is 6.21. The van der Waals surface area contributed by atoms with Gasteiger partial charge in [0.25, 0.3) is 0 Å². The third-order valence-electron chi connectivity index (χ3n) is 2.95. The SMILES string of the molecule is CC(C)CN1CC(C)CNC(=O)C1CCN. The molecule has 0 radical (unpaired) electrons. The van der Waals surface area contributed by atoms with Crippen molar-refractivity contribution in [2.24, 2.45) is 17.6 Å². The second-order valence-electron chi connectivity index (χ2n) is 5.29. The van der Waals surface area contributed by atoms with E-state index in [1.807, 2.05) is 0 Å². The number of carbonyl (C=O) groups is 1. The van der Waals surface area contributed by atoms with Gasteiger partial charge in [0.2, 0.25) is 5.91 Å². The van der Waals surface area contributed by atoms with Crippen molar-refractivity contribution in [3.63, 3.8) is 0 Å². The lowest BCUT2D eigenvalue weighted by molar-refractivity contribution is -0.125. The van der Waals surface area contributed by atoms with Gasteiger partial charge in [0, 0.05) is 19.6 Å². The van der Waals surface area contributed by atoms with E-state index in [9.17, 15) is 4.79 Å². The number of carbonyl (C=O) groups excluding carboxylic acids is 1. The summed E-state index contributed by atoms with van der Waals surface area (Å²) in [4.78, 5) is 14.2. The number of amides is 1. The Hall–Kier alpha value is -0.610. The average molecular weight is 227 g/mol. The van der Waals surface area contributed by atoms with Crippen LogP contribution in [0.4, 0.5) is 0 Å². The summed E-state index contributed by atoms with van der Waals surface area (Å²) >= 11 is 0. The molecule has 1 amide bonds. The van der Waals surface area contributed by atoms with E-state index in [-0.39, 0.29) is 11.9 Å². The molecule has 2 unspecified atom stereocenters. The molecule has 1 rings (SSSR count). The van der Waals surface area contributed by atoms with Gasteiger partial charge < -0.3 is 11.1 Å². The largest absolute Gasteiger partial charge is 0.354 e. The molecule has 1 heterocycles. The minimum absolute atomic E-state index is 0.0302. The first-order valence-corrected chi connectivity index (χ1v) is 6.26. The summed E-state index contributed by atoms with van der Waals surface area (Å²) in [5.41, 5.74) is 5.59. The zero-order valence-corrected chi connectivity index (χ0v) is 10.7. The molecule has 0 bridgehead atoms. The normalized spacial score (nSPS) is 27.9. The van der Waals surface area contributed by atoms with E-state index in [4.69, 9.17) is 5.73 Å². The van der Waals surface area contributed by atoms with Crippen molar-refractivity contribution < 1.29 is 4.79 Å². The Balaban J connectivity index is 2.72. The molecule has 1 aliphatic rings. The summed E-state index contributed by atoms with van der Waals surface area (Å²) in [6.45, 7) is 9.87. The van der Waals surface area contributed by atoms with Gasteiger partial charge in [0.05, 0.1) is 6.04 Å². The summed E-state index contributed by atoms with van der Waals surface area (Å²) in [7, 11) is 0. The molecule has 1 saturated heterocycles. The van der Waals surface area contributed by atoms with E-state index < -0.39 is 0 Å². The predicted octanol–water partition coefficient (Wildman–Crippen LogP) is 0.428. The number of nitrogens with one attached hydrogen (secondary N) is 1. The molecule has 1 aliphatic heterocycles. The van der Waals surface area contributed by atoms with E-state index in [0.29, 0.717) is 18.4 Å². The highest BCUT2D eigenvalue weighted by Gasteiger charge is 2.29. The van der Waals surface area contributed by atoms with Gasteiger partial charge in [-0.25, -0.2) is 0 Å². The summed E-state index contributed by atoms with van der Waals surface area (Å²) in [5, 5.41) is 3.00. The lowest BCUT2D eigenvalue weighted by atomic mass is 10.1. The van der Waals surface area contributed by atoms with Gasteiger partial charge in [-0.15, -0.1) is 0 Å². The highest BCUT2D eigenvalue weighted by molar-refractivity contribution is 5.82. The van der Waals surface area contributed by atoms with Gasteiger partial charge >= 0.3 is 0 Å². The van der Waals surface area contributed by atoms with Crippen LogP contribution in [0.5, 0.6) is 0 Å². The van der Waals surface area contributed by atoms with Gasteiger partial charge in [0.15, 0.2) is 0 Å². The van der Waals surface area contributed by atoms with Crippen molar-refractivity contribution in [3.8, 4) is 0 Å². The smallest absolute Gasteiger partial charge is 0.237 e. The van der Waals surface area contributed by atoms with E-state index in [2.05, 4.69) is 31.0 Å². The predicted molar refractivity (Wildman–Crippen MR) is 66.0 cm³/mol. The molecular weight excluding hydrogens is 202 g/mol. The maximum Gasteiger partial charge on any atom is 0.237 e. The van der Waals surface area contributed by atoms with Crippen molar-refractivity contribution in [1.82, 2.24) is 10.2 Å². The Morgan fingerprint density at radius 1 is 1.56 bits per heavy atom. The zero-order valence-electron chi connectivity index (χ0n) is 10.7. The van der Waals surface area contributed by atoms with Crippen molar-refractivity contribution in [2.75, 3.05) is 26.2 Å². The van der Waals surface area contributed by atoms with Crippen LogP contribution in [0.3, 0.4) is 0 Å². The molecule has 1 fully saturated rings. The minimum Gasteiger partial charge on any atom is -0.354 e. The van der Waals surface area contributed by atoms with Crippen LogP contribution in [-0.2, 0) is 4.79 Å². The molecular formula is C12H25N3O. The maximum atomic E-state index is 11.9. The molecule has 94 valence electrons. The van der Waals surface area contributed by atoms with Gasteiger partial charge in [-0.1, -0.05) is 20.8 Å². The summed E-state index contributed by atoms with van der Waals surface area (Å²) in [6, 6.07) is -0.0302. The Morgan fingerprint density at radius 3 is 2.81 bits per heavy atom. The molecule has 0 aromatic rings. The third kappa shape index (κ3) is 3.76. The highest BCUT2D eigenvalue weighted by atomic mass is 16.2. The van der Waals surface area contributed by atoms with Crippen molar-refractivity contribution >= 4 is 5.91 Å². The number of rotatable bonds is 4. The van der Waals surface area contributed by atoms with Crippen LogP contribution < -0.4 is 11.1 Å². The van der Waals surface area contributed by atoms with E-state index >= 15 is 0 Å². The molecule has 0 saturated carbocycles. The van der Waals surface area contributed by atoms with E-state index in [1.54, 1.807) is 0 Å². The molecule has 4 heteroatoms. The zero-order chi connectivity index (χ0) is 12.1. The fourth-order valence-corrected chi connectivity index (χ4v) is 2.29. The topological polar surface area (TPSA) is 58.4 Å². The number of nitrogens with zero attached hydrogens (tertiary/aromatic N) is 1. The summed E-state index contributed by atoms with van der Waals surface area (Å²) < 4.78 is 0. The molecule has 0 aromatic carbocycles. The van der Waals surface area contributed by atoms with Gasteiger partial charge in [0.1, 0.15) is 0 Å². The number of hydrogen-bond donors (Lipinski definition) is 2. The summed E-state index contributed by atoms with van der Waals surface area (Å²) in [5.74, 6) is 1.25. The Morgan fingerprint density at radius 2 is 2.25 bits per heavy atom. The molecule has 0 spiro atoms. The Labute approximate surface area is 98.6 Å². The van der Waals surface area contributed by atoms with Crippen LogP contribution >= 0.6 is 0 Å². The van der Waals surface area contributed by atoms with E-state index in [1.165, 1.54) is 0 Å². The lowest BCUT2D eigenvalue weighted by Gasteiger charge is -2.30. The fraction of sp³-hybridized carbons (Fsp3) is 0.917. The minimum atomic E-state index is -0.0302. The monoisotopic (exact) mass is 227 g/mol. The lowest BCUT2D eigenvalue weighted by Crippen LogP contribution is -2.46. The second-order valence-corrected chi connectivity index (χ2v) is 5.29. The van der Waals surface area contributed by atoms with Crippen LogP contribution in [0.1, 0.15) is 27.2 Å². The third-order valence-corrected chi connectivity index (χ3v) is 2.95. The Kier molecular flexibility index (Phi) is 5.22.